The monoisotopic (exact) mass is 304 g/mol. The van der Waals surface area contributed by atoms with Crippen LogP contribution in [0.2, 0.25) is 5.15 Å². The summed E-state index contributed by atoms with van der Waals surface area (Å²) < 4.78 is 0. The van der Waals surface area contributed by atoms with Gasteiger partial charge in [0.15, 0.2) is 5.82 Å². The molecule has 6 nitrogen and oxygen atoms in total. The summed E-state index contributed by atoms with van der Waals surface area (Å²) in [6, 6.07) is 4.97. The van der Waals surface area contributed by atoms with Gasteiger partial charge in [-0.15, -0.1) is 0 Å². The molecule has 3 rings (SSSR count). The predicted octanol–water partition coefficient (Wildman–Crippen LogP) is 2.35. The normalized spacial score (nSPS) is 13.3. The summed E-state index contributed by atoms with van der Waals surface area (Å²) >= 11 is 5.96. The van der Waals surface area contributed by atoms with Crippen molar-refractivity contribution in [3.05, 3.63) is 40.7 Å². The van der Waals surface area contributed by atoms with Gasteiger partial charge >= 0.3 is 0 Å². The Labute approximate surface area is 126 Å². The standard InChI is InChI=1S/C14H13ClN4O2/c1-2-19-12-9(5-8(7-20)6-16-12)14(21)17-10-3-4-11(15)18-13(10)19/h3-6,20H,2,7H2,1H3,(H,17,21). The molecule has 0 saturated heterocycles. The zero-order valence-electron chi connectivity index (χ0n) is 11.3. The lowest BCUT2D eigenvalue weighted by molar-refractivity contribution is 0.102. The highest BCUT2D eigenvalue weighted by atomic mass is 35.5. The lowest BCUT2D eigenvalue weighted by Gasteiger charge is -2.22. The molecule has 0 atom stereocenters. The number of hydrogen-bond donors (Lipinski definition) is 2. The van der Waals surface area contributed by atoms with E-state index in [0.29, 0.717) is 40.1 Å². The van der Waals surface area contributed by atoms with Crippen LogP contribution in [-0.2, 0) is 6.61 Å². The van der Waals surface area contributed by atoms with E-state index in [-0.39, 0.29) is 12.5 Å². The number of pyridine rings is 2. The first-order chi connectivity index (χ1) is 10.1. The van der Waals surface area contributed by atoms with Gasteiger partial charge in [0.05, 0.1) is 17.9 Å². The van der Waals surface area contributed by atoms with Crippen LogP contribution >= 0.6 is 11.6 Å². The van der Waals surface area contributed by atoms with Crippen molar-refractivity contribution >= 4 is 34.8 Å². The summed E-state index contributed by atoms with van der Waals surface area (Å²) in [6.07, 6.45) is 1.55. The van der Waals surface area contributed by atoms with E-state index < -0.39 is 0 Å². The molecule has 0 fully saturated rings. The minimum Gasteiger partial charge on any atom is -0.392 e. The lowest BCUT2D eigenvalue weighted by atomic mass is 10.1. The van der Waals surface area contributed by atoms with Crippen LogP contribution in [0.15, 0.2) is 24.4 Å². The Morgan fingerprint density at radius 1 is 1.38 bits per heavy atom. The van der Waals surface area contributed by atoms with Crippen LogP contribution in [0.1, 0.15) is 22.8 Å². The molecule has 0 bridgehead atoms. The van der Waals surface area contributed by atoms with Crippen molar-refractivity contribution in [2.45, 2.75) is 13.5 Å². The van der Waals surface area contributed by atoms with Crippen molar-refractivity contribution < 1.29 is 9.90 Å². The van der Waals surface area contributed by atoms with Gasteiger partial charge in [0.25, 0.3) is 5.91 Å². The van der Waals surface area contributed by atoms with Crippen LogP contribution in [0.25, 0.3) is 0 Å². The number of carbonyl (C=O) groups excluding carboxylic acids is 1. The van der Waals surface area contributed by atoms with Gasteiger partial charge in [-0.3, -0.25) is 4.79 Å². The highest BCUT2D eigenvalue weighted by molar-refractivity contribution is 6.29. The molecule has 1 aliphatic heterocycles. The van der Waals surface area contributed by atoms with Gasteiger partial charge in [0, 0.05) is 12.7 Å². The smallest absolute Gasteiger partial charge is 0.259 e. The van der Waals surface area contributed by atoms with Crippen LogP contribution in [0.4, 0.5) is 17.3 Å². The van der Waals surface area contributed by atoms with E-state index >= 15 is 0 Å². The van der Waals surface area contributed by atoms with Gasteiger partial charge in [-0.1, -0.05) is 11.6 Å². The molecule has 2 aromatic rings. The van der Waals surface area contributed by atoms with Gasteiger partial charge in [0.1, 0.15) is 11.0 Å². The number of halogens is 1. The number of aromatic nitrogens is 2. The average molecular weight is 305 g/mol. The Kier molecular flexibility index (Phi) is 3.48. The minimum atomic E-state index is -0.283. The molecule has 108 valence electrons. The SMILES string of the molecule is CCN1c2nc(Cl)ccc2NC(=O)c2cc(CO)cnc21. The van der Waals surface area contributed by atoms with E-state index in [9.17, 15) is 9.90 Å². The first kappa shape index (κ1) is 13.8. The third-order valence-corrected chi connectivity index (χ3v) is 3.48. The van der Waals surface area contributed by atoms with Crippen LogP contribution < -0.4 is 10.2 Å². The van der Waals surface area contributed by atoms with E-state index in [1.807, 2.05) is 11.8 Å². The molecule has 2 aromatic heterocycles. The molecular formula is C14H13ClN4O2. The second kappa shape index (κ2) is 5.31. The third-order valence-electron chi connectivity index (χ3n) is 3.27. The fraction of sp³-hybridized carbons (Fsp3) is 0.214. The number of nitrogens with zero attached hydrogens (tertiary/aromatic N) is 3. The summed E-state index contributed by atoms with van der Waals surface area (Å²) in [5.41, 5.74) is 1.56. The molecule has 7 heteroatoms. The van der Waals surface area contributed by atoms with Crippen LogP contribution in [0, 0.1) is 0 Å². The van der Waals surface area contributed by atoms with Gasteiger partial charge < -0.3 is 15.3 Å². The maximum absolute atomic E-state index is 12.4. The quantitative estimate of drug-likeness (QED) is 0.833. The summed E-state index contributed by atoms with van der Waals surface area (Å²) in [4.78, 5) is 22.8. The molecule has 0 aromatic carbocycles. The summed E-state index contributed by atoms with van der Waals surface area (Å²) in [6.45, 7) is 2.35. The minimum absolute atomic E-state index is 0.170. The van der Waals surface area contributed by atoms with Crippen LogP contribution in [-0.4, -0.2) is 27.5 Å². The number of carbonyl (C=O) groups is 1. The molecule has 3 heterocycles. The van der Waals surface area contributed by atoms with E-state index in [0.717, 1.165) is 0 Å². The molecule has 21 heavy (non-hydrogen) atoms. The molecule has 0 aliphatic carbocycles. The molecule has 0 unspecified atom stereocenters. The molecule has 0 spiro atoms. The highest BCUT2D eigenvalue weighted by Gasteiger charge is 2.27. The summed E-state index contributed by atoms with van der Waals surface area (Å²) in [5, 5.41) is 12.4. The molecule has 0 saturated carbocycles. The predicted molar refractivity (Wildman–Crippen MR) is 80.0 cm³/mol. The van der Waals surface area contributed by atoms with Gasteiger partial charge in [-0.25, -0.2) is 9.97 Å². The van der Waals surface area contributed by atoms with E-state index in [2.05, 4.69) is 15.3 Å². The fourth-order valence-electron chi connectivity index (χ4n) is 2.29. The van der Waals surface area contributed by atoms with E-state index in [1.165, 1.54) is 0 Å². The van der Waals surface area contributed by atoms with E-state index in [1.54, 1.807) is 24.4 Å². The Morgan fingerprint density at radius 3 is 2.90 bits per heavy atom. The van der Waals surface area contributed by atoms with E-state index in [4.69, 9.17) is 11.6 Å². The number of aliphatic hydroxyl groups excluding tert-OH is 1. The maximum Gasteiger partial charge on any atom is 0.259 e. The van der Waals surface area contributed by atoms with Crippen molar-refractivity contribution in [2.75, 3.05) is 16.8 Å². The van der Waals surface area contributed by atoms with Gasteiger partial charge in [-0.2, -0.15) is 0 Å². The zero-order valence-corrected chi connectivity index (χ0v) is 12.1. The van der Waals surface area contributed by atoms with Crippen molar-refractivity contribution in [3.8, 4) is 0 Å². The highest BCUT2D eigenvalue weighted by Crippen LogP contribution is 2.35. The number of hydrogen-bond acceptors (Lipinski definition) is 5. The van der Waals surface area contributed by atoms with Gasteiger partial charge in [-0.05, 0) is 30.7 Å². The van der Waals surface area contributed by atoms with Crippen LogP contribution in [0.5, 0.6) is 0 Å². The Morgan fingerprint density at radius 2 is 2.19 bits per heavy atom. The number of rotatable bonds is 2. The van der Waals surface area contributed by atoms with Crippen molar-refractivity contribution in [2.24, 2.45) is 0 Å². The number of fused-ring (bicyclic) bond motifs is 2. The summed E-state index contributed by atoms with van der Waals surface area (Å²) in [5.74, 6) is 0.774. The first-order valence-electron chi connectivity index (χ1n) is 6.49. The number of nitrogens with one attached hydrogen (secondary N) is 1. The van der Waals surface area contributed by atoms with Crippen LogP contribution in [0.3, 0.4) is 0 Å². The van der Waals surface area contributed by atoms with Crippen molar-refractivity contribution in [1.82, 2.24) is 9.97 Å². The second-order valence-corrected chi connectivity index (χ2v) is 4.96. The van der Waals surface area contributed by atoms with Gasteiger partial charge in [0.2, 0.25) is 0 Å². The van der Waals surface area contributed by atoms with Crippen molar-refractivity contribution in [1.29, 1.82) is 0 Å². The number of anilines is 3. The fourth-order valence-corrected chi connectivity index (χ4v) is 2.43. The Hall–Kier alpha value is -2.18. The average Bonchev–Trinajstić information content (AvgIpc) is 2.61. The number of amides is 1. The topological polar surface area (TPSA) is 78.4 Å². The summed E-state index contributed by atoms with van der Waals surface area (Å²) in [7, 11) is 0. The molecule has 1 aliphatic rings. The second-order valence-electron chi connectivity index (χ2n) is 4.58. The molecule has 1 amide bonds. The number of aliphatic hydroxyl groups is 1. The van der Waals surface area contributed by atoms with Crippen molar-refractivity contribution in [3.63, 3.8) is 0 Å². The lowest BCUT2D eigenvalue weighted by Crippen LogP contribution is -2.20. The third kappa shape index (κ3) is 2.32. The molecule has 0 radical (unpaired) electrons. The Balaban J connectivity index is 2.23. The maximum atomic E-state index is 12.4. The first-order valence-corrected chi connectivity index (χ1v) is 6.87. The zero-order chi connectivity index (χ0) is 15.0. The molecule has 2 N–H and O–H groups in total. The molecular weight excluding hydrogens is 292 g/mol. The Bertz CT molecular complexity index is 720. The largest absolute Gasteiger partial charge is 0.392 e.